The van der Waals surface area contributed by atoms with Crippen molar-refractivity contribution in [3.05, 3.63) is 59.1 Å². The number of carbonyl (C=O) groups is 1. The van der Waals surface area contributed by atoms with Crippen molar-refractivity contribution in [2.75, 3.05) is 18.4 Å². The summed E-state index contributed by atoms with van der Waals surface area (Å²) in [5.41, 5.74) is 2.11. The standard InChI is InChI=1S/C21H22ClN5O2/c1-14-3-2-4-16(11-14)20-25-19(29-26-20)13-27-9-7-15(8-10-27)21(28)24-18-6-5-17(22)12-23-18/h2-6,11-12,15H,7-10,13H2,1H3,(H,23,24,28). The number of amides is 1. The third-order valence-electron chi connectivity index (χ3n) is 5.04. The van der Waals surface area contributed by atoms with Gasteiger partial charge in [-0.1, -0.05) is 40.5 Å². The Hall–Kier alpha value is -2.77. The molecule has 3 aromatic rings. The van der Waals surface area contributed by atoms with E-state index in [2.05, 4.69) is 25.3 Å². The molecule has 0 spiro atoms. The van der Waals surface area contributed by atoms with Gasteiger partial charge in [-0.15, -0.1) is 0 Å². The second-order valence-corrected chi connectivity index (χ2v) is 7.72. The molecule has 1 fully saturated rings. The van der Waals surface area contributed by atoms with Crippen molar-refractivity contribution in [1.29, 1.82) is 0 Å². The van der Waals surface area contributed by atoms with Crippen LogP contribution in [0.1, 0.15) is 24.3 Å². The first kappa shape index (κ1) is 19.5. The van der Waals surface area contributed by atoms with Crippen molar-refractivity contribution < 1.29 is 9.32 Å². The second-order valence-electron chi connectivity index (χ2n) is 7.28. The molecule has 1 amide bonds. The lowest BCUT2D eigenvalue weighted by atomic mass is 9.96. The van der Waals surface area contributed by atoms with Gasteiger partial charge in [0.25, 0.3) is 0 Å². The second kappa shape index (κ2) is 8.71. The third-order valence-corrected chi connectivity index (χ3v) is 5.26. The van der Waals surface area contributed by atoms with E-state index >= 15 is 0 Å². The number of pyridine rings is 1. The molecule has 1 aliphatic heterocycles. The molecule has 0 radical (unpaired) electrons. The summed E-state index contributed by atoms with van der Waals surface area (Å²) in [4.78, 5) is 23.3. The van der Waals surface area contributed by atoms with Crippen LogP contribution in [0.3, 0.4) is 0 Å². The quantitative estimate of drug-likeness (QED) is 0.684. The van der Waals surface area contributed by atoms with E-state index < -0.39 is 0 Å². The predicted molar refractivity (Wildman–Crippen MR) is 110 cm³/mol. The predicted octanol–water partition coefficient (Wildman–Crippen LogP) is 3.94. The fraction of sp³-hybridized carbons (Fsp3) is 0.333. The van der Waals surface area contributed by atoms with E-state index in [9.17, 15) is 4.79 Å². The summed E-state index contributed by atoms with van der Waals surface area (Å²) in [6, 6.07) is 11.4. The Balaban J connectivity index is 1.29. The molecule has 2 aromatic heterocycles. The molecule has 0 bridgehead atoms. The maximum absolute atomic E-state index is 12.5. The number of aryl methyl sites for hydroxylation is 1. The van der Waals surface area contributed by atoms with Crippen LogP contribution in [0.4, 0.5) is 5.82 Å². The van der Waals surface area contributed by atoms with E-state index in [1.165, 1.54) is 6.20 Å². The Bertz CT molecular complexity index is 981. The number of hydrogen-bond donors (Lipinski definition) is 1. The normalized spacial score (nSPS) is 15.4. The number of nitrogens with zero attached hydrogens (tertiary/aromatic N) is 4. The molecule has 150 valence electrons. The molecule has 0 saturated carbocycles. The molecule has 29 heavy (non-hydrogen) atoms. The van der Waals surface area contributed by atoms with Crippen LogP contribution in [0, 0.1) is 12.8 Å². The summed E-state index contributed by atoms with van der Waals surface area (Å²) >= 11 is 5.82. The number of anilines is 1. The van der Waals surface area contributed by atoms with Gasteiger partial charge in [0, 0.05) is 17.7 Å². The molecular formula is C21H22ClN5O2. The highest BCUT2D eigenvalue weighted by molar-refractivity contribution is 6.30. The lowest BCUT2D eigenvalue weighted by Crippen LogP contribution is -2.37. The van der Waals surface area contributed by atoms with Crippen LogP contribution in [0.15, 0.2) is 47.1 Å². The largest absolute Gasteiger partial charge is 0.338 e. The van der Waals surface area contributed by atoms with E-state index in [-0.39, 0.29) is 11.8 Å². The fourth-order valence-corrected chi connectivity index (χ4v) is 3.55. The monoisotopic (exact) mass is 411 g/mol. The SMILES string of the molecule is Cc1cccc(-c2noc(CN3CCC(C(=O)Nc4ccc(Cl)cn4)CC3)n2)c1. The zero-order valence-electron chi connectivity index (χ0n) is 16.1. The van der Waals surface area contributed by atoms with E-state index in [0.717, 1.165) is 37.1 Å². The number of halogens is 1. The molecule has 1 aliphatic rings. The number of aromatic nitrogens is 3. The zero-order valence-corrected chi connectivity index (χ0v) is 16.9. The van der Waals surface area contributed by atoms with Crippen molar-refractivity contribution in [3.63, 3.8) is 0 Å². The topological polar surface area (TPSA) is 84.2 Å². The van der Waals surface area contributed by atoms with Crippen molar-refractivity contribution in [3.8, 4) is 11.4 Å². The Kier molecular flexibility index (Phi) is 5.87. The molecule has 0 unspecified atom stereocenters. The minimum atomic E-state index is -0.0331. The van der Waals surface area contributed by atoms with Gasteiger partial charge >= 0.3 is 0 Å². The van der Waals surface area contributed by atoms with Crippen LogP contribution in [0.25, 0.3) is 11.4 Å². The van der Waals surface area contributed by atoms with Crippen molar-refractivity contribution >= 4 is 23.3 Å². The molecule has 8 heteroatoms. The van der Waals surface area contributed by atoms with Gasteiger partial charge in [0.2, 0.25) is 17.6 Å². The van der Waals surface area contributed by atoms with Gasteiger partial charge in [-0.05, 0) is 51.1 Å². The van der Waals surface area contributed by atoms with Gasteiger partial charge < -0.3 is 9.84 Å². The minimum absolute atomic E-state index is 0.000929. The molecule has 4 rings (SSSR count). The van der Waals surface area contributed by atoms with Gasteiger partial charge in [-0.3, -0.25) is 9.69 Å². The molecule has 3 heterocycles. The number of rotatable bonds is 5. The highest BCUT2D eigenvalue weighted by Crippen LogP contribution is 2.22. The minimum Gasteiger partial charge on any atom is -0.338 e. The fourth-order valence-electron chi connectivity index (χ4n) is 3.44. The zero-order chi connectivity index (χ0) is 20.2. The Morgan fingerprint density at radius 2 is 2.10 bits per heavy atom. The Morgan fingerprint density at radius 3 is 2.83 bits per heavy atom. The molecular weight excluding hydrogens is 390 g/mol. The molecule has 1 saturated heterocycles. The number of piperidine rings is 1. The summed E-state index contributed by atoms with van der Waals surface area (Å²) in [5.74, 6) is 1.69. The summed E-state index contributed by atoms with van der Waals surface area (Å²) < 4.78 is 5.42. The van der Waals surface area contributed by atoms with Gasteiger partial charge in [0.15, 0.2) is 0 Å². The maximum atomic E-state index is 12.5. The first-order valence-corrected chi connectivity index (χ1v) is 9.99. The van der Waals surface area contributed by atoms with Crippen LogP contribution >= 0.6 is 11.6 Å². The first-order valence-electron chi connectivity index (χ1n) is 9.61. The third kappa shape index (κ3) is 4.99. The number of benzene rings is 1. The van der Waals surface area contributed by atoms with Crippen LogP contribution in [-0.4, -0.2) is 39.0 Å². The summed E-state index contributed by atoms with van der Waals surface area (Å²) in [7, 11) is 0. The average molecular weight is 412 g/mol. The van der Waals surface area contributed by atoms with E-state index in [1.807, 2.05) is 31.2 Å². The highest BCUT2D eigenvalue weighted by atomic mass is 35.5. The van der Waals surface area contributed by atoms with E-state index in [1.54, 1.807) is 12.1 Å². The molecule has 1 N–H and O–H groups in total. The van der Waals surface area contributed by atoms with Crippen LogP contribution in [0.5, 0.6) is 0 Å². The van der Waals surface area contributed by atoms with Gasteiger partial charge in [-0.25, -0.2) is 4.98 Å². The average Bonchev–Trinajstić information content (AvgIpc) is 3.19. The Morgan fingerprint density at radius 1 is 1.28 bits per heavy atom. The lowest BCUT2D eigenvalue weighted by molar-refractivity contribution is -0.121. The molecule has 0 atom stereocenters. The van der Waals surface area contributed by atoms with Gasteiger partial charge in [0.05, 0.1) is 11.6 Å². The molecule has 0 aliphatic carbocycles. The smallest absolute Gasteiger partial charge is 0.241 e. The lowest BCUT2D eigenvalue weighted by Gasteiger charge is -2.30. The van der Waals surface area contributed by atoms with E-state index in [4.69, 9.17) is 16.1 Å². The van der Waals surface area contributed by atoms with Crippen LogP contribution in [-0.2, 0) is 11.3 Å². The van der Waals surface area contributed by atoms with Gasteiger partial charge in [-0.2, -0.15) is 4.98 Å². The van der Waals surface area contributed by atoms with Crippen molar-refractivity contribution in [2.45, 2.75) is 26.3 Å². The van der Waals surface area contributed by atoms with Crippen LogP contribution < -0.4 is 5.32 Å². The number of likely N-dealkylation sites (tertiary alicyclic amines) is 1. The van der Waals surface area contributed by atoms with Crippen LogP contribution in [0.2, 0.25) is 5.02 Å². The maximum Gasteiger partial charge on any atom is 0.241 e. The number of carbonyl (C=O) groups excluding carboxylic acids is 1. The highest BCUT2D eigenvalue weighted by Gasteiger charge is 2.26. The summed E-state index contributed by atoms with van der Waals surface area (Å²) in [6.07, 6.45) is 3.08. The first-order chi connectivity index (χ1) is 14.1. The Labute approximate surface area is 174 Å². The molecule has 7 nitrogen and oxygen atoms in total. The number of hydrogen-bond acceptors (Lipinski definition) is 6. The number of nitrogens with one attached hydrogen (secondary N) is 1. The van der Waals surface area contributed by atoms with Crippen molar-refractivity contribution in [2.24, 2.45) is 5.92 Å². The van der Waals surface area contributed by atoms with E-state index in [0.29, 0.717) is 29.1 Å². The summed E-state index contributed by atoms with van der Waals surface area (Å²) in [5, 5.41) is 7.50. The molecule has 1 aromatic carbocycles. The van der Waals surface area contributed by atoms with Crippen molar-refractivity contribution in [1.82, 2.24) is 20.0 Å². The van der Waals surface area contributed by atoms with Gasteiger partial charge in [0.1, 0.15) is 5.82 Å². The summed E-state index contributed by atoms with van der Waals surface area (Å²) in [6.45, 7) is 4.22.